The van der Waals surface area contributed by atoms with Gasteiger partial charge in [-0.1, -0.05) is 0 Å². The van der Waals surface area contributed by atoms with Crippen molar-refractivity contribution in [2.75, 3.05) is 5.88 Å². The van der Waals surface area contributed by atoms with Gasteiger partial charge in [-0.15, -0.1) is 11.6 Å². The quantitative estimate of drug-likeness (QED) is 0.719. The van der Waals surface area contributed by atoms with Crippen LogP contribution < -0.4 is 0 Å². The molecule has 0 radical (unpaired) electrons. The number of nitrogens with zero attached hydrogens (tertiary/aromatic N) is 2. The van der Waals surface area contributed by atoms with Crippen LogP contribution in [0.1, 0.15) is 17.2 Å². The number of hydrogen-bond acceptors (Lipinski definition) is 4. The van der Waals surface area contributed by atoms with E-state index in [9.17, 15) is 10.2 Å². The zero-order valence-corrected chi connectivity index (χ0v) is 8.02. The molecule has 74 valence electrons. The molecule has 2 N–H and O–H groups in total. The molecule has 0 fully saturated rings. The summed E-state index contributed by atoms with van der Waals surface area (Å²) in [6.07, 6.45) is 0.616. The summed E-state index contributed by atoms with van der Waals surface area (Å²) in [5, 5.41) is 27.4. The van der Waals surface area contributed by atoms with E-state index in [1.165, 1.54) is 18.5 Å². The second-order valence-corrected chi connectivity index (χ2v) is 3.09. The largest absolute Gasteiger partial charge is 0.389 e. The number of rotatable bonds is 3. The summed E-state index contributed by atoms with van der Waals surface area (Å²) >= 11 is 5.37. The topological polar surface area (TPSA) is 77.1 Å². The molecule has 14 heavy (non-hydrogen) atoms. The number of aliphatic hydroxyl groups excluding tert-OH is 2. The highest BCUT2D eigenvalue weighted by atomic mass is 35.5. The van der Waals surface area contributed by atoms with E-state index in [1.54, 1.807) is 0 Å². The summed E-state index contributed by atoms with van der Waals surface area (Å²) in [6.45, 7) is 0. The van der Waals surface area contributed by atoms with Crippen molar-refractivity contribution in [3.05, 3.63) is 29.6 Å². The summed E-state index contributed by atoms with van der Waals surface area (Å²) in [7, 11) is 0. The van der Waals surface area contributed by atoms with Crippen molar-refractivity contribution in [3.8, 4) is 6.07 Å². The maximum absolute atomic E-state index is 9.53. The average molecular weight is 213 g/mol. The molecule has 5 heteroatoms. The van der Waals surface area contributed by atoms with Crippen LogP contribution in [0.4, 0.5) is 0 Å². The molecule has 0 spiro atoms. The van der Waals surface area contributed by atoms with Crippen LogP contribution in [0.25, 0.3) is 0 Å². The van der Waals surface area contributed by atoms with Crippen LogP contribution in [-0.4, -0.2) is 27.2 Å². The average Bonchev–Trinajstić information content (AvgIpc) is 2.27. The molecule has 0 aliphatic carbocycles. The van der Waals surface area contributed by atoms with Gasteiger partial charge >= 0.3 is 0 Å². The van der Waals surface area contributed by atoms with E-state index in [0.717, 1.165) is 0 Å². The first-order chi connectivity index (χ1) is 6.69. The molecule has 0 bridgehead atoms. The third-order valence-electron chi connectivity index (χ3n) is 1.75. The van der Waals surface area contributed by atoms with Crippen LogP contribution in [0.2, 0.25) is 0 Å². The second-order valence-electron chi connectivity index (χ2n) is 2.79. The molecule has 0 aliphatic heterocycles. The van der Waals surface area contributed by atoms with Gasteiger partial charge in [-0.3, -0.25) is 4.98 Å². The molecule has 2 unspecified atom stereocenters. The second kappa shape index (κ2) is 4.91. The molecular formula is C9H9ClN2O2. The van der Waals surface area contributed by atoms with Gasteiger partial charge in [0.1, 0.15) is 12.2 Å². The smallest absolute Gasteiger partial charge is 0.108 e. The first-order valence-corrected chi connectivity index (χ1v) is 4.49. The SMILES string of the molecule is N#Cc1cncc(C(O)C(O)CCl)c1. The molecule has 1 aromatic rings. The Balaban J connectivity index is 2.91. The monoisotopic (exact) mass is 212 g/mol. The Bertz CT molecular complexity index is 351. The fourth-order valence-corrected chi connectivity index (χ4v) is 1.16. The van der Waals surface area contributed by atoms with Crippen molar-refractivity contribution < 1.29 is 10.2 Å². The predicted octanol–water partition coefficient (Wildman–Crippen LogP) is 0.586. The van der Waals surface area contributed by atoms with Gasteiger partial charge in [0, 0.05) is 18.0 Å². The van der Waals surface area contributed by atoms with Gasteiger partial charge < -0.3 is 10.2 Å². The highest BCUT2D eigenvalue weighted by molar-refractivity contribution is 6.18. The highest BCUT2D eigenvalue weighted by Crippen LogP contribution is 2.17. The lowest BCUT2D eigenvalue weighted by atomic mass is 10.1. The molecule has 0 amide bonds. The molecule has 0 aliphatic rings. The lowest BCUT2D eigenvalue weighted by Crippen LogP contribution is -2.19. The Kier molecular flexibility index (Phi) is 3.84. The van der Waals surface area contributed by atoms with Gasteiger partial charge in [-0.25, -0.2) is 0 Å². The van der Waals surface area contributed by atoms with Crippen LogP contribution in [0, 0.1) is 11.3 Å². The Labute approximate surface area is 86.4 Å². The minimum atomic E-state index is -1.10. The summed E-state index contributed by atoms with van der Waals surface area (Å²) < 4.78 is 0. The fraction of sp³-hybridized carbons (Fsp3) is 0.333. The summed E-state index contributed by atoms with van der Waals surface area (Å²) in [4.78, 5) is 3.76. The standard InChI is InChI=1S/C9H9ClN2O2/c10-2-8(13)9(14)7-1-6(3-11)4-12-5-7/h1,4-5,8-9,13-14H,2H2. The number of aliphatic hydroxyl groups is 2. The zero-order valence-electron chi connectivity index (χ0n) is 7.26. The van der Waals surface area contributed by atoms with E-state index in [0.29, 0.717) is 11.1 Å². The lowest BCUT2D eigenvalue weighted by molar-refractivity contribution is 0.0325. The maximum atomic E-state index is 9.53. The van der Waals surface area contributed by atoms with E-state index in [-0.39, 0.29) is 5.88 Å². The lowest BCUT2D eigenvalue weighted by Gasteiger charge is -2.14. The third-order valence-corrected chi connectivity index (χ3v) is 2.07. The zero-order chi connectivity index (χ0) is 10.6. The Morgan fingerprint density at radius 3 is 2.79 bits per heavy atom. The summed E-state index contributed by atoms with van der Waals surface area (Å²) in [6, 6.07) is 3.36. The first-order valence-electron chi connectivity index (χ1n) is 3.96. The van der Waals surface area contributed by atoms with Crippen molar-refractivity contribution in [1.82, 2.24) is 4.98 Å². The van der Waals surface area contributed by atoms with Crippen LogP contribution in [0.3, 0.4) is 0 Å². The van der Waals surface area contributed by atoms with E-state index in [2.05, 4.69) is 4.98 Å². The number of hydrogen-bond donors (Lipinski definition) is 2. The first kappa shape index (κ1) is 10.9. The Hall–Kier alpha value is -1.15. The molecule has 1 rings (SSSR count). The molecule has 1 heterocycles. The minimum Gasteiger partial charge on any atom is -0.389 e. The van der Waals surface area contributed by atoms with Crippen molar-refractivity contribution in [2.45, 2.75) is 12.2 Å². The maximum Gasteiger partial charge on any atom is 0.108 e. The molecule has 0 saturated carbocycles. The number of alkyl halides is 1. The van der Waals surface area contributed by atoms with Crippen LogP contribution in [0.5, 0.6) is 0 Å². The van der Waals surface area contributed by atoms with E-state index >= 15 is 0 Å². The van der Waals surface area contributed by atoms with Crippen molar-refractivity contribution in [2.24, 2.45) is 0 Å². The molecule has 2 atom stereocenters. The fourth-order valence-electron chi connectivity index (χ4n) is 0.987. The number of aromatic nitrogens is 1. The van der Waals surface area contributed by atoms with Crippen molar-refractivity contribution in [1.29, 1.82) is 5.26 Å². The number of nitriles is 1. The van der Waals surface area contributed by atoms with Gasteiger partial charge in [-0.05, 0) is 6.07 Å². The molecule has 0 aromatic carbocycles. The number of halogens is 1. The molecular weight excluding hydrogens is 204 g/mol. The van der Waals surface area contributed by atoms with E-state index in [4.69, 9.17) is 16.9 Å². The van der Waals surface area contributed by atoms with Crippen molar-refractivity contribution >= 4 is 11.6 Å². The molecule has 4 nitrogen and oxygen atoms in total. The van der Waals surface area contributed by atoms with Gasteiger partial charge in [0.15, 0.2) is 0 Å². The summed E-state index contributed by atoms with van der Waals surface area (Å²) in [5.41, 5.74) is 0.723. The number of pyridine rings is 1. The van der Waals surface area contributed by atoms with Gasteiger partial charge in [0.25, 0.3) is 0 Å². The van der Waals surface area contributed by atoms with Gasteiger partial charge in [-0.2, -0.15) is 5.26 Å². The van der Waals surface area contributed by atoms with Crippen molar-refractivity contribution in [3.63, 3.8) is 0 Å². The van der Waals surface area contributed by atoms with Gasteiger partial charge in [0.05, 0.1) is 17.5 Å². The van der Waals surface area contributed by atoms with Gasteiger partial charge in [0.2, 0.25) is 0 Å². The third kappa shape index (κ3) is 2.42. The Morgan fingerprint density at radius 2 is 2.21 bits per heavy atom. The van der Waals surface area contributed by atoms with Crippen LogP contribution in [0.15, 0.2) is 18.5 Å². The summed E-state index contributed by atoms with van der Waals surface area (Å²) in [5.74, 6) is -0.0715. The molecule has 1 aromatic heterocycles. The van der Waals surface area contributed by atoms with Crippen LogP contribution in [-0.2, 0) is 0 Å². The van der Waals surface area contributed by atoms with Crippen LogP contribution >= 0.6 is 11.6 Å². The molecule has 0 saturated heterocycles. The van der Waals surface area contributed by atoms with E-state index < -0.39 is 12.2 Å². The predicted molar refractivity (Wildman–Crippen MR) is 50.6 cm³/mol. The Morgan fingerprint density at radius 1 is 1.50 bits per heavy atom. The normalized spacial score (nSPS) is 14.4. The minimum absolute atomic E-state index is 0.0715. The van der Waals surface area contributed by atoms with E-state index in [1.807, 2.05) is 6.07 Å². The highest BCUT2D eigenvalue weighted by Gasteiger charge is 2.17.